The number of nitrogen functional groups attached to an aromatic ring is 1. The highest BCUT2D eigenvalue weighted by Crippen LogP contribution is 2.31. The van der Waals surface area contributed by atoms with Crippen molar-refractivity contribution in [1.29, 1.82) is 0 Å². The Morgan fingerprint density at radius 2 is 1.79 bits per heavy atom. The van der Waals surface area contributed by atoms with Gasteiger partial charge in [-0.25, -0.2) is 0 Å². The average molecular weight is 367 g/mol. The lowest BCUT2D eigenvalue weighted by molar-refractivity contribution is 0.976. The molecule has 0 radical (unpaired) electrons. The van der Waals surface area contributed by atoms with E-state index in [-0.39, 0.29) is 0 Å². The maximum Gasteiger partial charge on any atom is 0.0937 e. The van der Waals surface area contributed by atoms with Crippen molar-refractivity contribution >= 4 is 33.8 Å². The number of anilines is 1. The van der Waals surface area contributed by atoms with Crippen molar-refractivity contribution in [1.82, 2.24) is 4.98 Å². The van der Waals surface area contributed by atoms with Gasteiger partial charge >= 0.3 is 0 Å². The van der Waals surface area contributed by atoms with Crippen molar-refractivity contribution in [3.63, 3.8) is 0 Å². The summed E-state index contributed by atoms with van der Waals surface area (Å²) in [6.45, 7) is 6.40. The molecule has 2 N–H and O–H groups in total. The summed E-state index contributed by atoms with van der Waals surface area (Å²) in [6, 6.07) is 15.0. The quantitative estimate of drug-likeness (QED) is 0.408. The molecule has 140 valence electrons. The zero-order valence-electron chi connectivity index (χ0n) is 16.8. The minimum Gasteiger partial charge on any atom is -0.396 e. The van der Waals surface area contributed by atoms with Crippen LogP contribution in [-0.4, -0.2) is 4.98 Å². The molecular weight excluding hydrogens is 340 g/mol. The van der Waals surface area contributed by atoms with E-state index in [2.05, 4.69) is 81.5 Å². The van der Waals surface area contributed by atoms with Gasteiger partial charge in [0, 0.05) is 11.6 Å². The fourth-order valence-corrected chi connectivity index (χ4v) is 3.66. The van der Waals surface area contributed by atoms with Gasteiger partial charge in [-0.2, -0.15) is 0 Å². The molecule has 2 aromatic carbocycles. The molecule has 2 heteroatoms. The summed E-state index contributed by atoms with van der Waals surface area (Å²) in [4.78, 5) is 4.71. The fourth-order valence-electron chi connectivity index (χ4n) is 3.66. The van der Waals surface area contributed by atoms with Gasteiger partial charge in [0.05, 0.1) is 11.2 Å². The smallest absolute Gasteiger partial charge is 0.0937 e. The maximum absolute atomic E-state index is 6.48. The van der Waals surface area contributed by atoms with Gasteiger partial charge in [-0.05, 0) is 73.6 Å². The predicted molar refractivity (Wildman–Crippen MR) is 122 cm³/mol. The van der Waals surface area contributed by atoms with E-state index in [0.29, 0.717) is 0 Å². The van der Waals surface area contributed by atoms with E-state index in [4.69, 9.17) is 10.7 Å². The van der Waals surface area contributed by atoms with Crippen LogP contribution in [0.2, 0.25) is 0 Å². The maximum atomic E-state index is 6.48. The molecule has 2 nitrogen and oxygen atoms in total. The molecule has 1 aliphatic carbocycles. The first-order valence-electron chi connectivity index (χ1n) is 9.81. The Morgan fingerprint density at radius 1 is 1.00 bits per heavy atom. The highest BCUT2D eigenvalue weighted by Gasteiger charge is 2.10. The third-order valence-electron chi connectivity index (χ3n) is 5.53. The minimum atomic E-state index is 0.740. The van der Waals surface area contributed by atoms with Gasteiger partial charge in [0.25, 0.3) is 0 Å². The lowest BCUT2D eigenvalue weighted by Crippen LogP contribution is -1.97. The molecular formula is C26H26N2. The standard InChI is InChI=1S/C26H26N2/c1-17-4-8-20(9-5-17)19(3)14-22-12-13-23-15-24(16-28-26(23)25(22)27)21-10-6-18(2)7-11-21/h4-6,8-10,12-16H,7,11,27H2,1-3H3/b19-14+. The van der Waals surface area contributed by atoms with Gasteiger partial charge in [0.15, 0.2) is 0 Å². The Bertz CT molecular complexity index is 1130. The molecule has 0 aliphatic heterocycles. The molecule has 0 saturated heterocycles. The summed E-state index contributed by atoms with van der Waals surface area (Å²) in [5.41, 5.74) is 16.7. The second kappa shape index (κ2) is 7.47. The average Bonchev–Trinajstić information content (AvgIpc) is 2.71. The highest BCUT2D eigenvalue weighted by molar-refractivity contribution is 5.97. The van der Waals surface area contributed by atoms with Crippen LogP contribution in [0, 0.1) is 6.92 Å². The van der Waals surface area contributed by atoms with Crippen molar-refractivity contribution in [2.75, 3.05) is 5.73 Å². The molecule has 3 aromatic rings. The third kappa shape index (κ3) is 3.63. The van der Waals surface area contributed by atoms with Gasteiger partial charge in [-0.15, -0.1) is 0 Å². The van der Waals surface area contributed by atoms with Crippen molar-refractivity contribution in [2.24, 2.45) is 0 Å². The first-order valence-corrected chi connectivity index (χ1v) is 9.81. The summed E-state index contributed by atoms with van der Waals surface area (Å²) in [5.74, 6) is 0. The van der Waals surface area contributed by atoms with Crippen LogP contribution in [0.25, 0.3) is 28.1 Å². The Balaban J connectivity index is 1.70. The summed E-state index contributed by atoms with van der Waals surface area (Å²) in [5, 5.41) is 1.09. The lowest BCUT2D eigenvalue weighted by Gasteiger charge is -2.13. The molecule has 0 amide bonds. The Hall–Kier alpha value is -3.13. The van der Waals surface area contributed by atoms with Crippen molar-refractivity contribution < 1.29 is 0 Å². The van der Waals surface area contributed by atoms with Gasteiger partial charge in [-0.3, -0.25) is 4.98 Å². The number of benzene rings is 2. The van der Waals surface area contributed by atoms with E-state index < -0.39 is 0 Å². The van der Waals surface area contributed by atoms with Crippen molar-refractivity contribution in [3.05, 3.63) is 88.6 Å². The molecule has 0 saturated carbocycles. The molecule has 0 spiro atoms. The number of hydrogen-bond donors (Lipinski definition) is 1. The van der Waals surface area contributed by atoms with Crippen LogP contribution in [0.5, 0.6) is 0 Å². The van der Waals surface area contributed by atoms with Crippen LogP contribution in [0.3, 0.4) is 0 Å². The van der Waals surface area contributed by atoms with Crippen LogP contribution in [0.15, 0.2) is 66.4 Å². The number of fused-ring (bicyclic) bond motifs is 1. The molecule has 28 heavy (non-hydrogen) atoms. The molecule has 1 aromatic heterocycles. The highest BCUT2D eigenvalue weighted by atomic mass is 14.7. The number of nitrogens with two attached hydrogens (primary N) is 1. The second-order valence-electron chi connectivity index (χ2n) is 7.76. The van der Waals surface area contributed by atoms with Gasteiger partial charge in [-0.1, -0.05) is 59.7 Å². The predicted octanol–water partition coefficient (Wildman–Crippen LogP) is 6.81. The van der Waals surface area contributed by atoms with E-state index in [1.165, 1.54) is 33.4 Å². The second-order valence-corrected chi connectivity index (χ2v) is 7.76. The van der Waals surface area contributed by atoms with Crippen molar-refractivity contribution in [3.8, 4) is 0 Å². The number of aromatic nitrogens is 1. The van der Waals surface area contributed by atoms with Crippen molar-refractivity contribution in [2.45, 2.75) is 33.6 Å². The number of allylic oxidation sites excluding steroid dienone is 5. The van der Waals surface area contributed by atoms with E-state index in [0.717, 1.165) is 35.0 Å². The van der Waals surface area contributed by atoms with Crippen LogP contribution in [0.4, 0.5) is 5.69 Å². The number of pyridine rings is 1. The molecule has 4 rings (SSSR count). The molecule has 0 unspecified atom stereocenters. The topological polar surface area (TPSA) is 38.9 Å². The Kier molecular flexibility index (Phi) is 4.87. The molecule has 0 atom stereocenters. The summed E-state index contributed by atoms with van der Waals surface area (Å²) in [7, 11) is 0. The van der Waals surface area contributed by atoms with Crippen LogP contribution < -0.4 is 5.73 Å². The number of aryl methyl sites for hydroxylation is 1. The van der Waals surface area contributed by atoms with E-state index in [1.54, 1.807) is 0 Å². The summed E-state index contributed by atoms with van der Waals surface area (Å²) < 4.78 is 0. The first kappa shape index (κ1) is 18.2. The van der Waals surface area contributed by atoms with Gasteiger partial charge < -0.3 is 5.73 Å². The minimum absolute atomic E-state index is 0.740. The normalized spacial score (nSPS) is 14.8. The monoisotopic (exact) mass is 366 g/mol. The molecule has 1 heterocycles. The van der Waals surface area contributed by atoms with Crippen LogP contribution >= 0.6 is 0 Å². The zero-order chi connectivity index (χ0) is 19.7. The van der Waals surface area contributed by atoms with Gasteiger partial charge in [0.1, 0.15) is 0 Å². The largest absolute Gasteiger partial charge is 0.396 e. The van der Waals surface area contributed by atoms with E-state index >= 15 is 0 Å². The van der Waals surface area contributed by atoms with Crippen LogP contribution in [0.1, 0.15) is 48.9 Å². The Morgan fingerprint density at radius 3 is 2.50 bits per heavy atom. The molecule has 0 bridgehead atoms. The van der Waals surface area contributed by atoms with Gasteiger partial charge in [0.2, 0.25) is 0 Å². The number of nitrogens with zero attached hydrogens (tertiary/aromatic N) is 1. The summed E-state index contributed by atoms with van der Waals surface area (Å²) in [6.07, 6.45) is 10.7. The molecule has 1 aliphatic rings. The van der Waals surface area contributed by atoms with Crippen LogP contribution in [-0.2, 0) is 0 Å². The lowest BCUT2D eigenvalue weighted by atomic mass is 9.94. The van der Waals surface area contributed by atoms with E-state index in [1.807, 2.05) is 6.20 Å². The first-order chi connectivity index (χ1) is 13.5. The summed E-state index contributed by atoms with van der Waals surface area (Å²) >= 11 is 0. The Labute approximate surface area is 167 Å². The number of rotatable bonds is 3. The fraction of sp³-hybridized carbons (Fsp3) is 0.192. The molecule has 0 fully saturated rings. The van der Waals surface area contributed by atoms with E-state index in [9.17, 15) is 0 Å². The number of hydrogen-bond acceptors (Lipinski definition) is 2. The SMILES string of the molecule is CC1=CC=C(c2cnc3c(N)c(/C=C(\C)c4ccc(C)cc4)ccc3c2)CC1. The third-order valence-corrected chi connectivity index (χ3v) is 5.53. The zero-order valence-corrected chi connectivity index (χ0v) is 16.8.